The van der Waals surface area contributed by atoms with Crippen molar-refractivity contribution in [3.63, 3.8) is 0 Å². The highest BCUT2D eigenvalue weighted by molar-refractivity contribution is 5.76. The number of carbonyl (C=O) groups is 1. The van der Waals surface area contributed by atoms with E-state index in [9.17, 15) is 18.0 Å². The zero-order chi connectivity index (χ0) is 12.6. The third-order valence-corrected chi connectivity index (χ3v) is 1.83. The predicted octanol–water partition coefficient (Wildman–Crippen LogP) is 0.900. The highest BCUT2D eigenvalue weighted by Crippen LogP contribution is 2.11. The van der Waals surface area contributed by atoms with Crippen molar-refractivity contribution in [1.82, 2.24) is 10.2 Å². The molecule has 0 aromatic heterocycles. The Morgan fingerprint density at radius 3 is 2.62 bits per heavy atom. The minimum Gasteiger partial charge on any atom is -0.345 e. The van der Waals surface area contributed by atoms with Gasteiger partial charge in [0.05, 0.1) is 19.0 Å². The monoisotopic (exact) mass is 237 g/mol. The molecule has 0 aromatic rings. The van der Waals surface area contributed by atoms with E-state index < -0.39 is 12.7 Å². The van der Waals surface area contributed by atoms with Crippen LogP contribution in [-0.4, -0.2) is 43.7 Å². The molecular formula is C9H14F3N3O. The summed E-state index contributed by atoms with van der Waals surface area (Å²) in [6.07, 6.45) is -4.04. The largest absolute Gasteiger partial charge is 0.401 e. The van der Waals surface area contributed by atoms with Gasteiger partial charge in [0.25, 0.3) is 0 Å². The Balaban J connectivity index is 3.62. The molecule has 0 aliphatic carbocycles. The van der Waals surface area contributed by atoms with Gasteiger partial charge in [0.15, 0.2) is 0 Å². The number of alkyl halides is 3. The Morgan fingerprint density at radius 2 is 2.12 bits per heavy atom. The van der Waals surface area contributed by atoms with Crippen LogP contribution in [0, 0.1) is 11.3 Å². The molecule has 0 saturated heterocycles. The van der Waals surface area contributed by atoms with E-state index in [0.717, 1.165) is 0 Å². The second-order valence-electron chi connectivity index (χ2n) is 3.27. The molecule has 0 aromatic carbocycles. The van der Waals surface area contributed by atoms with Crippen LogP contribution in [0.5, 0.6) is 0 Å². The number of rotatable bonds is 6. The quantitative estimate of drug-likeness (QED) is 0.698. The molecule has 0 saturated carbocycles. The summed E-state index contributed by atoms with van der Waals surface area (Å²) in [5.74, 6) is -0.273. The maximum Gasteiger partial charge on any atom is 0.401 e. The smallest absolute Gasteiger partial charge is 0.345 e. The summed E-state index contributed by atoms with van der Waals surface area (Å²) < 4.78 is 35.1. The van der Waals surface area contributed by atoms with Gasteiger partial charge < -0.3 is 10.2 Å². The average Bonchev–Trinajstić information content (AvgIpc) is 2.19. The zero-order valence-electron chi connectivity index (χ0n) is 8.97. The molecule has 0 fully saturated rings. The number of hydrogen-bond acceptors (Lipinski definition) is 3. The summed E-state index contributed by atoms with van der Waals surface area (Å²) >= 11 is 0. The van der Waals surface area contributed by atoms with Crippen LogP contribution in [0.3, 0.4) is 0 Å². The molecule has 4 nitrogen and oxygen atoms in total. The van der Waals surface area contributed by atoms with E-state index in [0.29, 0.717) is 6.54 Å². The second-order valence-corrected chi connectivity index (χ2v) is 3.27. The van der Waals surface area contributed by atoms with Crippen LogP contribution in [0.15, 0.2) is 0 Å². The first-order chi connectivity index (χ1) is 7.37. The van der Waals surface area contributed by atoms with Gasteiger partial charge in [-0.25, -0.2) is 0 Å². The molecule has 0 aliphatic rings. The normalized spacial score (nSPS) is 10.9. The van der Waals surface area contributed by atoms with Crippen molar-refractivity contribution < 1.29 is 18.0 Å². The number of carbonyl (C=O) groups excluding carboxylic acids is 1. The highest BCUT2D eigenvalue weighted by Gasteiger charge is 2.26. The highest BCUT2D eigenvalue weighted by atomic mass is 19.4. The van der Waals surface area contributed by atoms with Crippen LogP contribution in [0.1, 0.15) is 12.8 Å². The van der Waals surface area contributed by atoms with E-state index in [2.05, 4.69) is 5.32 Å². The summed E-state index contributed by atoms with van der Waals surface area (Å²) in [7, 11) is 1.52. The standard InChI is InChI=1S/C9H14F3N3O/c1-15(6-2-4-13)8(16)3-5-14-7-9(10,11)12/h14H,2-3,5-7H2,1H3. The molecule has 1 N–H and O–H groups in total. The van der Waals surface area contributed by atoms with E-state index in [1.807, 2.05) is 6.07 Å². The molecule has 1 amide bonds. The summed E-state index contributed by atoms with van der Waals surface area (Å²) in [6, 6.07) is 1.88. The SMILES string of the molecule is CN(CCC#N)C(=O)CCNCC(F)(F)F. The second kappa shape index (κ2) is 7.06. The third-order valence-electron chi connectivity index (χ3n) is 1.83. The molecule has 0 aliphatic heterocycles. The molecule has 92 valence electrons. The summed E-state index contributed by atoms with van der Waals surface area (Å²) in [4.78, 5) is 12.6. The van der Waals surface area contributed by atoms with Crippen molar-refractivity contribution in [2.45, 2.75) is 19.0 Å². The predicted molar refractivity (Wildman–Crippen MR) is 51.4 cm³/mol. The Labute approximate surface area is 92.0 Å². The van der Waals surface area contributed by atoms with Gasteiger partial charge >= 0.3 is 6.18 Å². The fourth-order valence-corrected chi connectivity index (χ4v) is 0.959. The summed E-state index contributed by atoms with van der Waals surface area (Å²) in [5, 5.41) is 10.4. The van der Waals surface area contributed by atoms with Gasteiger partial charge in [-0.15, -0.1) is 0 Å². The van der Waals surface area contributed by atoms with Crippen molar-refractivity contribution >= 4 is 5.91 Å². The topological polar surface area (TPSA) is 56.1 Å². The number of nitrogens with one attached hydrogen (secondary N) is 1. The van der Waals surface area contributed by atoms with Gasteiger partial charge in [-0.3, -0.25) is 4.79 Å². The fraction of sp³-hybridized carbons (Fsp3) is 0.778. The number of nitriles is 1. The molecule has 0 bridgehead atoms. The molecule has 16 heavy (non-hydrogen) atoms. The number of nitrogens with zero attached hydrogens (tertiary/aromatic N) is 2. The fourth-order valence-electron chi connectivity index (χ4n) is 0.959. The van der Waals surface area contributed by atoms with Crippen LogP contribution < -0.4 is 5.32 Å². The Morgan fingerprint density at radius 1 is 1.50 bits per heavy atom. The van der Waals surface area contributed by atoms with Crippen molar-refractivity contribution in [1.29, 1.82) is 5.26 Å². The van der Waals surface area contributed by atoms with E-state index >= 15 is 0 Å². The maximum absolute atomic E-state index is 11.7. The molecule has 0 unspecified atom stereocenters. The number of amides is 1. The van der Waals surface area contributed by atoms with Gasteiger partial charge in [-0.2, -0.15) is 18.4 Å². The summed E-state index contributed by atoms with van der Waals surface area (Å²) in [5.41, 5.74) is 0. The molecule has 0 rings (SSSR count). The number of hydrogen-bond donors (Lipinski definition) is 1. The van der Waals surface area contributed by atoms with Gasteiger partial charge in [0.2, 0.25) is 5.91 Å². The van der Waals surface area contributed by atoms with Crippen molar-refractivity contribution in [3.05, 3.63) is 0 Å². The molecule has 0 spiro atoms. The summed E-state index contributed by atoms with van der Waals surface area (Å²) in [6.45, 7) is -0.813. The molecule has 0 heterocycles. The maximum atomic E-state index is 11.7. The lowest BCUT2D eigenvalue weighted by atomic mass is 10.3. The first kappa shape index (κ1) is 14.7. The molecular weight excluding hydrogens is 223 g/mol. The van der Waals surface area contributed by atoms with Crippen LogP contribution in [0.25, 0.3) is 0 Å². The Kier molecular flexibility index (Phi) is 6.49. The van der Waals surface area contributed by atoms with Gasteiger partial charge in [-0.1, -0.05) is 0 Å². The van der Waals surface area contributed by atoms with Gasteiger partial charge in [0, 0.05) is 26.6 Å². The Hall–Kier alpha value is -1.29. The van der Waals surface area contributed by atoms with Crippen LogP contribution >= 0.6 is 0 Å². The average molecular weight is 237 g/mol. The van der Waals surface area contributed by atoms with Crippen molar-refractivity contribution in [2.24, 2.45) is 0 Å². The Bertz CT molecular complexity index is 260. The third kappa shape index (κ3) is 8.05. The minimum atomic E-state index is -4.25. The molecule has 7 heteroatoms. The molecule has 0 radical (unpaired) electrons. The van der Waals surface area contributed by atoms with Gasteiger partial charge in [-0.05, 0) is 0 Å². The lowest BCUT2D eigenvalue weighted by Crippen LogP contribution is -2.34. The van der Waals surface area contributed by atoms with Gasteiger partial charge in [0.1, 0.15) is 0 Å². The zero-order valence-corrected chi connectivity index (χ0v) is 8.97. The minimum absolute atomic E-state index is 0.00198. The van der Waals surface area contributed by atoms with Crippen LogP contribution in [-0.2, 0) is 4.79 Å². The first-order valence-electron chi connectivity index (χ1n) is 4.75. The lowest BCUT2D eigenvalue weighted by molar-refractivity contribution is -0.132. The van der Waals surface area contributed by atoms with E-state index in [1.54, 1.807) is 0 Å². The van der Waals surface area contributed by atoms with E-state index in [4.69, 9.17) is 5.26 Å². The number of halogens is 3. The van der Waals surface area contributed by atoms with Crippen molar-refractivity contribution in [3.8, 4) is 6.07 Å². The van der Waals surface area contributed by atoms with E-state index in [1.165, 1.54) is 11.9 Å². The lowest BCUT2D eigenvalue weighted by Gasteiger charge is -2.15. The van der Waals surface area contributed by atoms with Crippen LogP contribution in [0.2, 0.25) is 0 Å². The van der Waals surface area contributed by atoms with Crippen LogP contribution in [0.4, 0.5) is 13.2 Å². The van der Waals surface area contributed by atoms with Crippen molar-refractivity contribution in [2.75, 3.05) is 26.7 Å². The first-order valence-corrected chi connectivity index (χ1v) is 4.75. The molecule has 0 atom stereocenters. The van der Waals surface area contributed by atoms with E-state index in [-0.39, 0.29) is 25.3 Å².